The van der Waals surface area contributed by atoms with Crippen molar-refractivity contribution in [2.75, 3.05) is 4.90 Å². The highest BCUT2D eigenvalue weighted by Gasteiger charge is 2.30. The zero-order valence-corrected chi connectivity index (χ0v) is 16.0. The van der Waals surface area contributed by atoms with Gasteiger partial charge in [0.25, 0.3) is 0 Å². The van der Waals surface area contributed by atoms with Gasteiger partial charge in [0.15, 0.2) is 0 Å². The van der Waals surface area contributed by atoms with Crippen LogP contribution >= 0.6 is 0 Å². The summed E-state index contributed by atoms with van der Waals surface area (Å²) in [4.78, 5) is 31.2. The molecule has 0 aliphatic carbocycles. The van der Waals surface area contributed by atoms with Gasteiger partial charge < -0.3 is 9.69 Å². The number of aromatic nitrogens is 1. The van der Waals surface area contributed by atoms with E-state index in [1.165, 1.54) is 0 Å². The van der Waals surface area contributed by atoms with Crippen LogP contribution in [0.4, 0.5) is 5.69 Å². The predicted molar refractivity (Wildman–Crippen MR) is 115 cm³/mol. The number of nitrogens with zero attached hydrogens (tertiary/aromatic N) is 3. The summed E-state index contributed by atoms with van der Waals surface area (Å²) in [5, 5.41) is 9.57. The molecule has 3 aromatic rings. The Balaban J connectivity index is 1.90. The highest BCUT2D eigenvalue weighted by atomic mass is 16.1. The molecule has 0 N–H and O–H groups in total. The van der Waals surface area contributed by atoms with Crippen molar-refractivity contribution in [3.63, 3.8) is 0 Å². The predicted octanol–water partition coefficient (Wildman–Crippen LogP) is 4.19. The second-order valence-corrected chi connectivity index (χ2v) is 6.71. The molecule has 0 amide bonds. The number of carbonyl (C=O) groups is 2. The molecule has 144 valence electrons. The summed E-state index contributed by atoms with van der Waals surface area (Å²) in [7, 11) is 0. The van der Waals surface area contributed by atoms with Crippen LogP contribution in [-0.2, 0) is 4.79 Å². The van der Waals surface area contributed by atoms with Gasteiger partial charge in [-0.3, -0.25) is 9.78 Å². The normalized spacial score (nSPS) is 15.6. The van der Waals surface area contributed by atoms with Crippen LogP contribution in [-0.4, -0.2) is 23.1 Å². The summed E-state index contributed by atoms with van der Waals surface area (Å²) in [6.07, 6.45) is 5.75. The molecular formula is C25H17N3O2. The third kappa shape index (κ3) is 3.54. The second-order valence-electron chi connectivity index (χ2n) is 6.71. The van der Waals surface area contributed by atoms with Crippen LogP contribution in [0.2, 0.25) is 0 Å². The number of aldehydes is 1. The summed E-state index contributed by atoms with van der Waals surface area (Å²) < 4.78 is 0. The minimum Gasteiger partial charge on any atom is -0.333 e. The van der Waals surface area contributed by atoms with Crippen molar-refractivity contribution < 1.29 is 9.59 Å². The molecule has 4 rings (SSSR count). The molecule has 0 radical (unpaired) electrons. The van der Waals surface area contributed by atoms with Crippen molar-refractivity contribution in [3.05, 3.63) is 114 Å². The van der Waals surface area contributed by atoms with Gasteiger partial charge in [0.1, 0.15) is 18.0 Å². The van der Waals surface area contributed by atoms with Gasteiger partial charge in [-0.1, -0.05) is 42.5 Å². The Morgan fingerprint density at radius 1 is 1.00 bits per heavy atom. The van der Waals surface area contributed by atoms with Crippen LogP contribution in [0.25, 0.3) is 5.57 Å². The number of ketones is 1. The number of anilines is 1. The van der Waals surface area contributed by atoms with Crippen molar-refractivity contribution >= 4 is 23.3 Å². The lowest BCUT2D eigenvalue weighted by Gasteiger charge is -2.33. The van der Waals surface area contributed by atoms with Crippen LogP contribution in [0.3, 0.4) is 0 Å². The van der Waals surface area contributed by atoms with E-state index in [1.807, 2.05) is 36.4 Å². The molecule has 1 unspecified atom stereocenters. The molecule has 1 aromatic heterocycles. The van der Waals surface area contributed by atoms with Gasteiger partial charge in [-0.25, -0.2) is 0 Å². The molecule has 1 aliphatic heterocycles. The topological polar surface area (TPSA) is 74.1 Å². The fourth-order valence-corrected chi connectivity index (χ4v) is 3.48. The van der Waals surface area contributed by atoms with E-state index in [9.17, 15) is 14.9 Å². The minimum atomic E-state index is -0.679. The first-order valence-electron chi connectivity index (χ1n) is 9.40. The van der Waals surface area contributed by atoms with Crippen molar-refractivity contribution in [1.29, 1.82) is 5.26 Å². The van der Waals surface area contributed by atoms with Crippen LogP contribution in [0, 0.1) is 11.3 Å². The number of allylic oxidation sites excluding steroid dienone is 2. The highest BCUT2D eigenvalue weighted by molar-refractivity contribution is 6.12. The summed E-state index contributed by atoms with van der Waals surface area (Å²) in [6.45, 7) is 0. The van der Waals surface area contributed by atoms with E-state index in [0.29, 0.717) is 28.0 Å². The van der Waals surface area contributed by atoms with Crippen molar-refractivity contribution in [2.45, 2.75) is 6.04 Å². The van der Waals surface area contributed by atoms with E-state index in [0.717, 1.165) is 12.0 Å². The van der Waals surface area contributed by atoms with Gasteiger partial charge in [-0.2, -0.15) is 5.26 Å². The Kier molecular flexibility index (Phi) is 5.31. The Morgan fingerprint density at radius 3 is 2.43 bits per heavy atom. The Morgan fingerprint density at radius 2 is 1.73 bits per heavy atom. The van der Waals surface area contributed by atoms with Crippen molar-refractivity contribution in [1.82, 2.24) is 4.98 Å². The van der Waals surface area contributed by atoms with Crippen LogP contribution in [0.5, 0.6) is 0 Å². The molecule has 0 saturated heterocycles. The first-order chi connectivity index (χ1) is 14.7. The molecule has 1 aliphatic rings. The molecule has 2 aromatic carbocycles. The van der Waals surface area contributed by atoms with E-state index in [2.05, 4.69) is 11.1 Å². The minimum absolute atomic E-state index is 0.257. The lowest BCUT2D eigenvalue weighted by molar-refractivity contribution is -0.107. The molecule has 0 spiro atoms. The first-order valence-corrected chi connectivity index (χ1v) is 9.40. The monoisotopic (exact) mass is 391 g/mol. The summed E-state index contributed by atoms with van der Waals surface area (Å²) in [5.74, 6) is -0.257. The Hall–Kier alpha value is -4.30. The van der Waals surface area contributed by atoms with Gasteiger partial charge in [-0.15, -0.1) is 0 Å². The molecule has 30 heavy (non-hydrogen) atoms. The van der Waals surface area contributed by atoms with Gasteiger partial charge in [0.05, 0.1) is 11.6 Å². The number of hydrogen-bond donors (Lipinski definition) is 0. The average Bonchev–Trinajstić information content (AvgIpc) is 2.83. The maximum atomic E-state index is 13.1. The molecule has 2 heterocycles. The third-order valence-electron chi connectivity index (χ3n) is 4.91. The summed E-state index contributed by atoms with van der Waals surface area (Å²) in [5.41, 5.74) is 3.12. The molecular weight excluding hydrogens is 374 g/mol. The zero-order valence-electron chi connectivity index (χ0n) is 16.0. The average molecular weight is 391 g/mol. The molecule has 5 nitrogen and oxygen atoms in total. The number of pyridine rings is 1. The summed E-state index contributed by atoms with van der Waals surface area (Å²) in [6, 6.07) is 23.1. The van der Waals surface area contributed by atoms with E-state index >= 15 is 0 Å². The number of carbonyl (C=O) groups excluding carboxylic acids is 2. The molecule has 0 saturated carbocycles. The number of para-hydroxylation sites is 1. The van der Waals surface area contributed by atoms with Gasteiger partial charge >= 0.3 is 0 Å². The maximum Gasteiger partial charge on any atom is 0.212 e. The van der Waals surface area contributed by atoms with Crippen LogP contribution in [0.15, 0.2) is 96.8 Å². The number of nitriles is 1. The van der Waals surface area contributed by atoms with Gasteiger partial charge in [0, 0.05) is 23.7 Å². The number of Topliss-reactive ketones (excluding diaryl/α,β-unsaturated/α-hetero) is 1. The lowest BCUT2D eigenvalue weighted by Crippen LogP contribution is -2.36. The molecule has 5 heteroatoms. The standard InChI is InChI=1S/C25H17N3O2/c26-15-18-8-4-5-11-21(18)22-14-19(25(30)23-12-6-7-13-27-23)16-28(24(22)17-29)20-9-2-1-3-10-20/h1-14,16-17,24H. The second kappa shape index (κ2) is 8.38. The zero-order chi connectivity index (χ0) is 20.9. The third-order valence-corrected chi connectivity index (χ3v) is 4.91. The molecule has 1 atom stereocenters. The molecule has 0 fully saturated rings. The summed E-state index contributed by atoms with van der Waals surface area (Å²) >= 11 is 0. The largest absolute Gasteiger partial charge is 0.333 e. The molecule has 0 bridgehead atoms. The van der Waals surface area contributed by atoms with E-state index in [4.69, 9.17) is 0 Å². The lowest BCUT2D eigenvalue weighted by atomic mass is 9.89. The van der Waals surface area contributed by atoms with Crippen molar-refractivity contribution in [2.24, 2.45) is 0 Å². The van der Waals surface area contributed by atoms with Crippen LogP contribution < -0.4 is 4.90 Å². The van der Waals surface area contributed by atoms with Gasteiger partial charge in [-0.05, 0) is 47.5 Å². The number of rotatable bonds is 5. The van der Waals surface area contributed by atoms with Crippen molar-refractivity contribution in [3.8, 4) is 6.07 Å². The highest BCUT2D eigenvalue weighted by Crippen LogP contribution is 2.34. The number of benzene rings is 2. The number of hydrogen-bond acceptors (Lipinski definition) is 5. The quantitative estimate of drug-likeness (QED) is 0.482. The first kappa shape index (κ1) is 19.0. The Bertz CT molecular complexity index is 1190. The van der Waals surface area contributed by atoms with Gasteiger partial charge in [0.2, 0.25) is 5.78 Å². The SMILES string of the molecule is N#Cc1ccccc1C1=CC(C(=O)c2ccccn2)=CN(c2ccccc2)C1C=O. The fraction of sp³-hybridized carbons (Fsp3) is 0.0400. The fourth-order valence-electron chi connectivity index (χ4n) is 3.48. The van der Waals surface area contributed by atoms with E-state index in [-0.39, 0.29) is 5.78 Å². The van der Waals surface area contributed by atoms with Crippen LogP contribution in [0.1, 0.15) is 21.6 Å². The van der Waals surface area contributed by atoms with E-state index in [1.54, 1.807) is 59.8 Å². The Labute approximate surface area is 174 Å². The smallest absolute Gasteiger partial charge is 0.212 e. The maximum absolute atomic E-state index is 13.1. The van der Waals surface area contributed by atoms with E-state index < -0.39 is 6.04 Å².